The quantitative estimate of drug-likeness (QED) is 0.609. The lowest BCUT2D eigenvalue weighted by Crippen LogP contribution is -2.28. The molecule has 0 aliphatic carbocycles. The van der Waals surface area contributed by atoms with Crippen molar-refractivity contribution < 1.29 is 13.2 Å². The number of rotatable bonds is 6. The van der Waals surface area contributed by atoms with E-state index in [2.05, 4.69) is 5.32 Å². The molecule has 1 aromatic heterocycles. The Morgan fingerprint density at radius 1 is 1.10 bits per heavy atom. The van der Waals surface area contributed by atoms with Crippen LogP contribution in [0.2, 0.25) is 5.02 Å². The van der Waals surface area contributed by atoms with Gasteiger partial charge in [0.25, 0.3) is 0 Å². The first-order valence-corrected chi connectivity index (χ1v) is 11.8. The van der Waals surface area contributed by atoms with Crippen LogP contribution in [0.3, 0.4) is 0 Å². The van der Waals surface area contributed by atoms with Crippen LogP contribution in [0.5, 0.6) is 0 Å². The Morgan fingerprint density at radius 2 is 1.77 bits per heavy atom. The summed E-state index contributed by atoms with van der Waals surface area (Å²) in [5.74, 6) is -0.327. The summed E-state index contributed by atoms with van der Waals surface area (Å²) in [6.45, 7) is 1.14. The van der Waals surface area contributed by atoms with Crippen molar-refractivity contribution >= 4 is 44.3 Å². The number of hydrogen-bond donors (Lipinski definition) is 1. The van der Waals surface area contributed by atoms with Crippen LogP contribution in [0.4, 0.5) is 5.69 Å². The van der Waals surface area contributed by atoms with E-state index in [4.69, 9.17) is 11.6 Å². The van der Waals surface area contributed by atoms with Gasteiger partial charge in [0, 0.05) is 38.8 Å². The minimum Gasteiger partial charge on any atom is -0.326 e. The van der Waals surface area contributed by atoms with Crippen molar-refractivity contribution in [3.63, 3.8) is 0 Å². The molecule has 0 radical (unpaired) electrons. The fourth-order valence-corrected chi connectivity index (χ4v) is 5.88. The van der Waals surface area contributed by atoms with E-state index in [9.17, 15) is 18.0 Å². The monoisotopic (exact) mass is 462 g/mol. The number of aryl methyl sites for hydroxylation is 2. The highest BCUT2D eigenvalue weighted by Gasteiger charge is 2.29. The fourth-order valence-electron chi connectivity index (χ4n) is 3.86. The molecule has 1 amide bonds. The molecule has 2 aromatic carbocycles. The van der Waals surface area contributed by atoms with Crippen molar-refractivity contribution in [3.8, 4) is 0 Å². The van der Waals surface area contributed by atoms with Crippen molar-refractivity contribution in [1.29, 1.82) is 0 Å². The van der Waals surface area contributed by atoms with Gasteiger partial charge in [-0.3, -0.25) is 13.9 Å². The zero-order valence-electron chi connectivity index (χ0n) is 17.0. The van der Waals surface area contributed by atoms with E-state index in [1.807, 2.05) is 24.3 Å². The topological polar surface area (TPSA) is 93.4 Å². The maximum Gasteiger partial charge on any atom is 0.328 e. The fraction of sp³-hybridized carbons (Fsp3) is 0.333. The van der Waals surface area contributed by atoms with Gasteiger partial charge in [-0.1, -0.05) is 23.7 Å². The maximum absolute atomic E-state index is 12.9. The maximum atomic E-state index is 12.9. The average Bonchev–Trinajstić information content (AvgIpc) is 3.37. The smallest absolute Gasteiger partial charge is 0.326 e. The molecule has 0 atom stereocenters. The van der Waals surface area contributed by atoms with Crippen LogP contribution in [0, 0.1) is 0 Å². The second-order valence-corrected chi connectivity index (χ2v) is 9.85. The number of nitrogens with zero attached hydrogens (tertiary/aromatic N) is 3. The number of imidazole rings is 1. The first-order valence-electron chi connectivity index (χ1n) is 10.0. The zero-order chi connectivity index (χ0) is 22.2. The third kappa shape index (κ3) is 4.13. The Balaban J connectivity index is 1.50. The number of fused-ring (bicyclic) bond motifs is 1. The number of halogens is 1. The highest BCUT2D eigenvalue weighted by atomic mass is 35.5. The van der Waals surface area contributed by atoms with E-state index >= 15 is 0 Å². The summed E-state index contributed by atoms with van der Waals surface area (Å²) in [4.78, 5) is 25.0. The summed E-state index contributed by atoms with van der Waals surface area (Å²) >= 11 is 6.15. The number of carbonyl (C=O) groups is 1. The minimum atomic E-state index is -3.71. The number of aromatic nitrogens is 2. The predicted octanol–water partition coefficient (Wildman–Crippen LogP) is 2.81. The Labute approximate surface area is 185 Å². The Bertz CT molecular complexity index is 1310. The first kappa shape index (κ1) is 21.6. The van der Waals surface area contributed by atoms with Gasteiger partial charge in [0.15, 0.2) is 0 Å². The van der Waals surface area contributed by atoms with Crippen LogP contribution in [-0.4, -0.2) is 40.9 Å². The predicted molar refractivity (Wildman–Crippen MR) is 120 cm³/mol. The van der Waals surface area contributed by atoms with Crippen LogP contribution in [-0.2, 0) is 28.4 Å². The molecule has 3 aromatic rings. The molecule has 8 nitrogen and oxygen atoms in total. The number of nitrogens with one attached hydrogen (secondary N) is 1. The van der Waals surface area contributed by atoms with E-state index in [-0.39, 0.29) is 34.5 Å². The third-order valence-electron chi connectivity index (χ3n) is 5.51. The lowest BCUT2D eigenvalue weighted by molar-refractivity contribution is -0.116. The number of para-hydroxylation sites is 2. The number of amides is 1. The lowest BCUT2D eigenvalue weighted by Gasteiger charge is -2.17. The average molecular weight is 463 g/mol. The minimum absolute atomic E-state index is 0.0147. The Hall–Kier alpha value is -2.62. The standard InChI is InChI=1S/C21H23ClN4O4S/c1-24-17-6-2-3-7-18(17)26(21(24)28)13-10-20(27)23-15-8-9-16(22)19(14-15)31(29,30)25-11-4-5-12-25/h2-3,6-9,14H,4-5,10-13H2,1H3,(H,23,27). The summed E-state index contributed by atoms with van der Waals surface area (Å²) in [5, 5.41) is 2.83. The van der Waals surface area contributed by atoms with Crippen molar-refractivity contribution in [3.05, 3.63) is 58.0 Å². The highest BCUT2D eigenvalue weighted by Crippen LogP contribution is 2.29. The number of sulfonamides is 1. The lowest BCUT2D eigenvalue weighted by atomic mass is 10.3. The van der Waals surface area contributed by atoms with E-state index in [1.165, 1.54) is 16.4 Å². The Kier molecular flexibility index (Phi) is 5.92. The number of carbonyl (C=O) groups excluding carboxylic acids is 1. The molecule has 164 valence electrons. The molecular weight excluding hydrogens is 440 g/mol. The molecule has 2 heterocycles. The second-order valence-electron chi connectivity index (χ2n) is 7.54. The van der Waals surface area contributed by atoms with E-state index in [0.29, 0.717) is 18.8 Å². The SMILES string of the molecule is Cn1c(=O)n(CCC(=O)Nc2ccc(Cl)c(S(=O)(=O)N3CCCC3)c2)c2ccccc21. The molecule has 1 fully saturated rings. The summed E-state index contributed by atoms with van der Waals surface area (Å²) in [7, 11) is -2.02. The molecule has 31 heavy (non-hydrogen) atoms. The van der Waals surface area contributed by atoms with Crippen LogP contribution < -0.4 is 11.0 Å². The van der Waals surface area contributed by atoms with Crippen molar-refractivity contribution in [2.24, 2.45) is 7.05 Å². The van der Waals surface area contributed by atoms with Gasteiger partial charge in [-0.2, -0.15) is 4.31 Å². The van der Waals surface area contributed by atoms with Gasteiger partial charge in [-0.25, -0.2) is 13.2 Å². The van der Waals surface area contributed by atoms with Crippen LogP contribution >= 0.6 is 11.6 Å². The summed E-state index contributed by atoms with van der Waals surface area (Å²) in [6.07, 6.45) is 1.70. The summed E-state index contributed by atoms with van der Waals surface area (Å²) in [5.41, 5.74) is 1.70. The summed E-state index contributed by atoms with van der Waals surface area (Å²) in [6, 6.07) is 11.8. The van der Waals surface area contributed by atoms with Gasteiger partial charge in [0.05, 0.1) is 16.1 Å². The molecule has 10 heteroatoms. The van der Waals surface area contributed by atoms with Crippen LogP contribution in [0.1, 0.15) is 19.3 Å². The van der Waals surface area contributed by atoms with Gasteiger partial charge in [-0.15, -0.1) is 0 Å². The normalized spacial score (nSPS) is 14.9. The molecule has 1 saturated heterocycles. The number of benzene rings is 2. The van der Waals surface area contributed by atoms with E-state index < -0.39 is 10.0 Å². The molecule has 0 saturated carbocycles. The largest absolute Gasteiger partial charge is 0.328 e. The highest BCUT2D eigenvalue weighted by molar-refractivity contribution is 7.89. The molecular formula is C21H23ClN4O4S. The first-order chi connectivity index (χ1) is 14.8. The Morgan fingerprint density at radius 3 is 2.48 bits per heavy atom. The van der Waals surface area contributed by atoms with Crippen molar-refractivity contribution in [2.45, 2.75) is 30.7 Å². The van der Waals surface area contributed by atoms with Crippen molar-refractivity contribution in [2.75, 3.05) is 18.4 Å². The van der Waals surface area contributed by atoms with Gasteiger partial charge in [0.1, 0.15) is 4.90 Å². The third-order valence-corrected chi connectivity index (χ3v) is 7.89. The van der Waals surface area contributed by atoms with E-state index in [1.54, 1.807) is 22.2 Å². The summed E-state index contributed by atoms with van der Waals surface area (Å²) < 4.78 is 30.2. The van der Waals surface area contributed by atoms with Crippen LogP contribution in [0.25, 0.3) is 11.0 Å². The molecule has 0 bridgehead atoms. The number of anilines is 1. The van der Waals surface area contributed by atoms with Gasteiger partial charge < -0.3 is 5.32 Å². The molecule has 0 spiro atoms. The second kappa shape index (κ2) is 8.49. The molecule has 1 aliphatic rings. The van der Waals surface area contributed by atoms with Crippen LogP contribution in [0.15, 0.2) is 52.2 Å². The van der Waals surface area contributed by atoms with E-state index in [0.717, 1.165) is 23.9 Å². The molecule has 1 aliphatic heterocycles. The van der Waals surface area contributed by atoms with Crippen molar-refractivity contribution in [1.82, 2.24) is 13.4 Å². The van der Waals surface area contributed by atoms with Gasteiger partial charge in [0.2, 0.25) is 15.9 Å². The molecule has 0 unspecified atom stereocenters. The zero-order valence-corrected chi connectivity index (χ0v) is 18.6. The number of hydrogen-bond acceptors (Lipinski definition) is 4. The molecule has 4 rings (SSSR count). The molecule has 1 N–H and O–H groups in total. The van der Waals surface area contributed by atoms with Gasteiger partial charge in [-0.05, 0) is 43.2 Å². The van der Waals surface area contributed by atoms with Gasteiger partial charge >= 0.3 is 5.69 Å².